The maximum Gasteiger partial charge on any atom is 0.124 e. The predicted octanol–water partition coefficient (Wildman–Crippen LogP) is 3.50. The first kappa shape index (κ1) is 12.6. The lowest BCUT2D eigenvalue weighted by molar-refractivity contribution is 0.313. The van der Waals surface area contributed by atoms with Crippen molar-refractivity contribution in [2.75, 3.05) is 18.9 Å². The molecule has 1 aliphatic rings. The van der Waals surface area contributed by atoms with Crippen LogP contribution in [0, 0.1) is 0 Å². The minimum Gasteiger partial charge on any atom is -0.491 e. The fourth-order valence-electron chi connectivity index (χ4n) is 2.25. The third-order valence-electron chi connectivity index (χ3n) is 3.20. The Hall–Kier alpha value is -1.45. The molecular formula is C16H17NOS. The summed E-state index contributed by atoms with van der Waals surface area (Å²) in [4.78, 5) is 1.33. The highest BCUT2D eigenvalue weighted by atomic mass is 32.2. The van der Waals surface area contributed by atoms with Gasteiger partial charge < -0.3 is 10.1 Å². The van der Waals surface area contributed by atoms with Crippen LogP contribution in [0.3, 0.4) is 0 Å². The maximum absolute atomic E-state index is 5.66. The molecule has 1 heterocycles. The van der Waals surface area contributed by atoms with Gasteiger partial charge in [0.05, 0.1) is 6.04 Å². The van der Waals surface area contributed by atoms with Gasteiger partial charge in [-0.15, -0.1) is 11.8 Å². The van der Waals surface area contributed by atoms with Gasteiger partial charge in [0.25, 0.3) is 0 Å². The molecule has 1 unspecified atom stereocenters. The number of hydrogen-bond donors (Lipinski definition) is 1. The SMILES string of the molecule is c1ccc(SCCNC2COc3ccccc32)cc1. The van der Waals surface area contributed by atoms with Crippen LogP contribution < -0.4 is 10.1 Å². The van der Waals surface area contributed by atoms with Gasteiger partial charge in [-0.3, -0.25) is 0 Å². The summed E-state index contributed by atoms with van der Waals surface area (Å²) < 4.78 is 5.66. The number of hydrogen-bond acceptors (Lipinski definition) is 3. The van der Waals surface area contributed by atoms with Crippen molar-refractivity contribution >= 4 is 11.8 Å². The van der Waals surface area contributed by atoms with Gasteiger partial charge in [0, 0.05) is 22.8 Å². The summed E-state index contributed by atoms with van der Waals surface area (Å²) in [5.74, 6) is 2.10. The Labute approximate surface area is 118 Å². The fraction of sp³-hybridized carbons (Fsp3) is 0.250. The number of thioether (sulfide) groups is 1. The average Bonchev–Trinajstić information content (AvgIpc) is 2.88. The zero-order valence-electron chi connectivity index (χ0n) is 10.7. The molecule has 2 aromatic carbocycles. The van der Waals surface area contributed by atoms with Crippen molar-refractivity contribution in [3.8, 4) is 5.75 Å². The Morgan fingerprint density at radius 2 is 1.84 bits per heavy atom. The molecule has 1 N–H and O–H groups in total. The lowest BCUT2D eigenvalue weighted by Crippen LogP contribution is -2.24. The number of benzene rings is 2. The number of ether oxygens (including phenoxy) is 1. The molecule has 0 saturated carbocycles. The predicted molar refractivity (Wildman–Crippen MR) is 79.8 cm³/mol. The molecule has 98 valence electrons. The Kier molecular flexibility index (Phi) is 4.06. The summed E-state index contributed by atoms with van der Waals surface area (Å²) in [5.41, 5.74) is 1.28. The van der Waals surface area contributed by atoms with Gasteiger partial charge in [-0.05, 0) is 18.2 Å². The minimum absolute atomic E-state index is 0.340. The highest BCUT2D eigenvalue weighted by Crippen LogP contribution is 2.31. The highest BCUT2D eigenvalue weighted by molar-refractivity contribution is 7.99. The van der Waals surface area contributed by atoms with Crippen LogP contribution >= 0.6 is 11.8 Å². The van der Waals surface area contributed by atoms with Crippen LogP contribution in [-0.4, -0.2) is 18.9 Å². The van der Waals surface area contributed by atoms with Crippen LogP contribution in [0.4, 0.5) is 0 Å². The third kappa shape index (κ3) is 3.11. The molecule has 0 bridgehead atoms. The van der Waals surface area contributed by atoms with Crippen LogP contribution in [0.15, 0.2) is 59.5 Å². The topological polar surface area (TPSA) is 21.3 Å². The highest BCUT2D eigenvalue weighted by Gasteiger charge is 2.22. The van der Waals surface area contributed by atoms with Crippen molar-refractivity contribution < 1.29 is 4.74 Å². The van der Waals surface area contributed by atoms with E-state index in [1.165, 1.54) is 10.5 Å². The molecule has 0 fully saturated rings. The fourth-order valence-corrected chi connectivity index (χ4v) is 3.06. The molecule has 3 heteroatoms. The van der Waals surface area contributed by atoms with Crippen molar-refractivity contribution in [2.45, 2.75) is 10.9 Å². The lowest BCUT2D eigenvalue weighted by atomic mass is 10.1. The number of para-hydroxylation sites is 1. The average molecular weight is 271 g/mol. The smallest absolute Gasteiger partial charge is 0.124 e. The molecule has 2 nitrogen and oxygen atoms in total. The van der Waals surface area contributed by atoms with E-state index in [0.717, 1.165) is 24.7 Å². The van der Waals surface area contributed by atoms with E-state index in [1.54, 1.807) is 0 Å². The Morgan fingerprint density at radius 1 is 1.05 bits per heavy atom. The molecule has 0 spiro atoms. The second-order valence-electron chi connectivity index (χ2n) is 4.52. The Balaban J connectivity index is 1.47. The van der Waals surface area contributed by atoms with Crippen molar-refractivity contribution in [1.29, 1.82) is 0 Å². The second-order valence-corrected chi connectivity index (χ2v) is 5.69. The van der Waals surface area contributed by atoms with E-state index in [0.29, 0.717) is 6.04 Å². The van der Waals surface area contributed by atoms with Gasteiger partial charge in [0.15, 0.2) is 0 Å². The first-order valence-electron chi connectivity index (χ1n) is 6.56. The van der Waals surface area contributed by atoms with Crippen LogP contribution in [-0.2, 0) is 0 Å². The molecule has 0 amide bonds. The molecule has 1 aliphatic heterocycles. The summed E-state index contributed by atoms with van der Waals surface area (Å²) in [6.45, 7) is 1.73. The summed E-state index contributed by atoms with van der Waals surface area (Å²) in [6.07, 6.45) is 0. The first-order chi connectivity index (χ1) is 9.43. The molecule has 0 saturated heterocycles. The van der Waals surface area contributed by atoms with E-state index in [1.807, 2.05) is 23.9 Å². The zero-order valence-corrected chi connectivity index (χ0v) is 11.5. The van der Waals surface area contributed by atoms with Crippen LogP contribution in [0.25, 0.3) is 0 Å². The molecule has 2 aromatic rings. The van der Waals surface area contributed by atoms with E-state index >= 15 is 0 Å². The van der Waals surface area contributed by atoms with E-state index in [9.17, 15) is 0 Å². The van der Waals surface area contributed by atoms with Crippen molar-refractivity contribution in [3.63, 3.8) is 0 Å². The van der Waals surface area contributed by atoms with Gasteiger partial charge in [0.2, 0.25) is 0 Å². The first-order valence-corrected chi connectivity index (χ1v) is 7.55. The largest absolute Gasteiger partial charge is 0.491 e. The van der Waals surface area contributed by atoms with Gasteiger partial charge in [0.1, 0.15) is 12.4 Å². The number of rotatable bonds is 5. The minimum atomic E-state index is 0.340. The lowest BCUT2D eigenvalue weighted by Gasteiger charge is -2.11. The van der Waals surface area contributed by atoms with Crippen molar-refractivity contribution in [1.82, 2.24) is 5.32 Å². The summed E-state index contributed by atoms with van der Waals surface area (Å²) >= 11 is 1.88. The van der Waals surface area contributed by atoms with Gasteiger partial charge in [-0.25, -0.2) is 0 Å². The number of fused-ring (bicyclic) bond motifs is 1. The van der Waals surface area contributed by atoms with E-state index < -0.39 is 0 Å². The van der Waals surface area contributed by atoms with E-state index in [-0.39, 0.29) is 0 Å². The van der Waals surface area contributed by atoms with Crippen molar-refractivity contribution in [3.05, 3.63) is 60.2 Å². The molecule has 3 rings (SSSR count). The maximum atomic E-state index is 5.66. The normalized spacial score (nSPS) is 16.9. The van der Waals surface area contributed by atoms with E-state index in [4.69, 9.17) is 4.74 Å². The quantitative estimate of drug-likeness (QED) is 0.664. The standard InChI is InChI=1S/C16H17NOS/c1-2-6-13(7-3-1)19-11-10-17-15-12-18-16-9-5-4-8-14(15)16/h1-9,15,17H,10-12H2. The Bertz CT molecular complexity index is 529. The Morgan fingerprint density at radius 3 is 2.74 bits per heavy atom. The molecule has 0 radical (unpaired) electrons. The summed E-state index contributed by atoms with van der Waals surface area (Å²) in [5, 5.41) is 3.56. The molecule has 0 aliphatic carbocycles. The monoisotopic (exact) mass is 271 g/mol. The summed E-state index contributed by atoms with van der Waals surface area (Å²) in [6, 6.07) is 19.1. The van der Waals surface area contributed by atoms with Crippen molar-refractivity contribution in [2.24, 2.45) is 0 Å². The van der Waals surface area contributed by atoms with Gasteiger partial charge >= 0.3 is 0 Å². The summed E-state index contributed by atoms with van der Waals surface area (Å²) in [7, 11) is 0. The molecular weight excluding hydrogens is 254 g/mol. The van der Waals surface area contributed by atoms with Crippen LogP contribution in [0.2, 0.25) is 0 Å². The van der Waals surface area contributed by atoms with E-state index in [2.05, 4.69) is 47.8 Å². The third-order valence-corrected chi connectivity index (χ3v) is 4.22. The zero-order chi connectivity index (χ0) is 12.9. The van der Waals surface area contributed by atoms with Gasteiger partial charge in [-0.2, -0.15) is 0 Å². The molecule has 19 heavy (non-hydrogen) atoms. The number of nitrogens with one attached hydrogen (secondary N) is 1. The molecule has 1 atom stereocenters. The van der Waals surface area contributed by atoms with Gasteiger partial charge in [-0.1, -0.05) is 36.4 Å². The van der Waals surface area contributed by atoms with Crippen LogP contribution in [0.1, 0.15) is 11.6 Å². The molecule has 0 aromatic heterocycles. The van der Waals surface area contributed by atoms with Crippen LogP contribution in [0.5, 0.6) is 5.75 Å². The second kappa shape index (κ2) is 6.13.